The lowest BCUT2D eigenvalue weighted by Gasteiger charge is -1.92. The topological polar surface area (TPSA) is 28.7 Å². The zero-order chi connectivity index (χ0) is 9.84. The van der Waals surface area contributed by atoms with E-state index in [0.29, 0.717) is 0 Å². The molecule has 13 heavy (non-hydrogen) atoms. The van der Waals surface area contributed by atoms with E-state index in [2.05, 4.69) is 23.0 Å². The molecule has 0 aromatic carbocycles. The maximum atomic E-state index is 4.40. The molecule has 2 heteroatoms. The second-order valence-electron chi connectivity index (χ2n) is 2.82. The first-order valence-electron chi connectivity index (χ1n) is 4.69. The molecule has 0 amide bonds. The summed E-state index contributed by atoms with van der Waals surface area (Å²) < 4.78 is 0. The number of aryl methyl sites for hydroxylation is 2. The first-order valence-corrected chi connectivity index (χ1v) is 4.69. The van der Waals surface area contributed by atoms with Crippen LogP contribution in [0.2, 0.25) is 0 Å². The summed E-state index contributed by atoms with van der Waals surface area (Å²) in [6.45, 7) is 8.07. The molecule has 0 saturated heterocycles. The third-order valence-corrected chi connectivity index (χ3v) is 1.85. The Morgan fingerprint density at radius 3 is 2.54 bits per heavy atom. The van der Waals surface area contributed by atoms with Gasteiger partial charge < -0.3 is 4.98 Å². The molecule has 0 atom stereocenters. The molecule has 2 aromatic heterocycles. The summed E-state index contributed by atoms with van der Waals surface area (Å²) in [5.74, 6) is 0. The Bertz CT molecular complexity index is 388. The molecule has 0 bridgehead atoms. The second-order valence-corrected chi connectivity index (χ2v) is 2.82. The fourth-order valence-corrected chi connectivity index (χ4v) is 1.23. The molecule has 0 aliphatic heterocycles. The van der Waals surface area contributed by atoms with Crippen LogP contribution in [0.1, 0.15) is 25.1 Å². The summed E-state index contributed by atoms with van der Waals surface area (Å²) in [4.78, 5) is 7.56. The number of nitrogens with one attached hydrogen (secondary N) is 1. The van der Waals surface area contributed by atoms with E-state index >= 15 is 0 Å². The van der Waals surface area contributed by atoms with Crippen molar-refractivity contribution in [3.8, 4) is 0 Å². The molecular formula is C11H16N2. The summed E-state index contributed by atoms with van der Waals surface area (Å²) in [7, 11) is 0. The summed E-state index contributed by atoms with van der Waals surface area (Å²) in [5, 5.41) is 0. The number of hydrogen-bond donors (Lipinski definition) is 1. The zero-order valence-electron chi connectivity index (χ0n) is 8.68. The molecule has 2 heterocycles. The van der Waals surface area contributed by atoms with Crippen molar-refractivity contribution in [1.82, 2.24) is 9.97 Å². The monoisotopic (exact) mass is 176 g/mol. The Balaban J connectivity index is 0.000000396. The molecule has 0 saturated carbocycles. The van der Waals surface area contributed by atoms with Gasteiger partial charge in [-0.2, -0.15) is 0 Å². The van der Waals surface area contributed by atoms with Gasteiger partial charge in [-0.05, 0) is 31.5 Å². The van der Waals surface area contributed by atoms with Crippen molar-refractivity contribution in [1.29, 1.82) is 0 Å². The average Bonchev–Trinajstić information content (AvgIpc) is 2.52. The van der Waals surface area contributed by atoms with E-state index in [1.54, 1.807) is 0 Å². The van der Waals surface area contributed by atoms with Gasteiger partial charge in [0.25, 0.3) is 0 Å². The van der Waals surface area contributed by atoms with Gasteiger partial charge in [0.2, 0.25) is 0 Å². The molecular weight excluding hydrogens is 160 g/mol. The van der Waals surface area contributed by atoms with Gasteiger partial charge in [-0.25, -0.2) is 0 Å². The van der Waals surface area contributed by atoms with Gasteiger partial charge in [0.05, 0.1) is 11.0 Å². The van der Waals surface area contributed by atoms with Crippen LogP contribution >= 0.6 is 0 Å². The Hall–Kier alpha value is -1.31. The largest absolute Gasteiger partial charge is 0.360 e. The fourth-order valence-electron chi connectivity index (χ4n) is 1.23. The molecule has 2 rings (SSSR count). The minimum Gasteiger partial charge on any atom is -0.360 e. The zero-order valence-corrected chi connectivity index (χ0v) is 8.68. The van der Waals surface area contributed by atoms with Gasteiger partial charge in [-0.1, -0.05) is 13.8 Å². The SMILES string of the molecule is CC.Cc1ccc2[nH]cc(C)c2n1. The van der Waals surface area contributed by atoms with Crippen LogP contribution in [0.15, 0.2) is 18.3 Å². The Morgan fingerprint density at radius 2 is 1.85 bits per heavy atom. The number of hydrogen-bond acceptors (Lipinski definition) is 1. The normalized spacial score (nSPS) is 9.54. The van der Waals surface area contributed by atoms with Crippen molar-refractivity contribution in [2.24, 2.45) is 0 Å². The van der Waals surface area contributed by atoms with Gasteiger partial charge in [0, 0.05) is 11.9 Å². The lowest BCUT2D eigenvalue weighted by molar-refractivity contribution is 1.25. The van der Waals surface area contributed by atoms with Crippen LogP contribution in [0.5, 0.6) is 0 Å². The molecule has 0 spiro atoms. The quantitative estimate of drug-likeness (QED) is 0.656. The van der Waals surface area contributed by atoms with Crippen LogP contribution < -0.4 is 0 Å². The minimum absolute atomic E-state index is 1.07. The predicted octanol–water partition coefficient (Wildman–Crippen LogP) is 3.21. The number of aromatic amines is 1. The second kappa shape index (κ2) is 4.08. The lowest BCUT2D eigenvalue weighted by Crippen LogP contribution is -1.80. The standard InChI is InChI=1S/C9H10N2.C2H6/c1-6-5-10-8-4-3-7(2)11-9(6)8;1-2/h3-5,10H,1-2H3;1-2H3. The molecule has 0 aliphatic carbocycles. The highest BCUT2D eigenvalue weighted by atomic mass is 14.8. The number of pyridine rings is 1. The molecule has 0 fully saturated rings. The number of aromatic nitrogens is 2. The first kappa shape index (κ1) is 9.78. The third-order valence-electron chi connectivity index (χ3n) is 1.85. The van der Waals surface area contributed by atoms with Crippen LogP contribution in [-0.2, 0) is 0 Å². The Morgan fingerprint density at radius 1 is 1.15 bits per heavy atom. The van der Waals surface area contributed by atoms with Gasteiger partial charge in [0.15, 0.2) is 0 Å². The molecule has 1 N–H and O–H groups in total. The third kappa shape index (κ3) is 1.89. The van der Waals surface area contributed by atoms with Crippen LogP contribution in [0.4, 0.5) is 0 Å². The van der Waals surface area contributed by atoms with Crippen molar-refractivity contribution in [3.63, 3.8) is 0 Å². The van der Waals surface area contributed by atoms with Gasteiger partial charge in [0.1, 0.15) is 0 Å². The number of nitrogens with zero attached hydrogens (tertiary/aromatic N) is 1. The summed E-state index contributed by atoms with van der Waals surface area (Å²) in [6, 6.07) is 4.07. The number of H-pyrrole nitrogens is 1. The molecule has 0 unspecified atom stereocenters. The van der Waals surface area contributed by atoms with Crippen LogP contribution in [-0.4, -0.2) is 9.97 Å². The van der Waals surface area contributed by atoms with E-state index in [4.69, 9.17) is 0 Å². The van der Waals surface area contributed by atoms with E-state index in [9.17, 15) is 0 Å². The van der Waals surface area contributed by atoms with E-state index in [1.165, 1.54) is 5.56 Å². The summed E-state index contributed by atoms with van der Waals surface area (Å²) in [6.07, 6.45) is 1.98. The average molecular weight is 176 g/mol. The van der Waals surface area contributed by atoms with E-state index in [1.807, 2.05) is 33.0 Å². The van der Waals surface area contributed by atoms with E-state index in [-0.39, 0.29) is 0 Å². The summed E-state index contributed by atoms with van der Waals surface area (Å²) >= 11 is 0. The molecule has 2 aromatic rings. The fraction of sp³-hybridized carbons (Fsp3) is 0.364. The van der Waals surface area contributed by atoms with Crippen molar-refractivity contribution in [3.05, 3.63) is 29.6 Å². The molecule has 70 valence electrons. The predicted molar refractivity (Wildman–Crippen MR) is 56.9 cm³/mol. The van der Waals surface area contributed by atoms with E-state index < -0.39 is 0 Å². The van der Waals surface area contributed by atoms with Crippen LogP contribution in [0, 0.1) is 13.8 Å². The molecule has 0 aliphatic rings. The van der Waals surface area contributed by atoms with Crippen molar-refractivity contribution in [2.45, 2.75) is 27.7 Å². The Kier molecular flexibility index (Phi) is 3.07. The van der Waals surface area contributed by atoms with Gasteiger partial charge >= 0.3 is 0 Å². The van der Waals surface area contributed by atoms with Crippen LogP contribution in [0.25, 0.3) is 11.0 Å². The highest BCUT2D eigenvalue weighted by Gasteiger charge is 1.98. The minimum atomic E-state index is 1.07. The van der Waals surface area contributed by atoms with Gasteiger partial charge in [-0.3, -0.25) is 4.98 Å². The van der Waals surface area contributed by atoms with E-state index in [0.717, 1.165) is 16.7 Å². The van der Waals surface area contributed by atoms with Crippen molar-refractivity contribution < 1.29 is 0 Å². The van der Waals surface area contributed by atoms with Crippen LogP contribution in [0.3, 0.4) is 0 Å². The van der Waals surface area contributed by atoms with Crippen molar-refractivity contribution >= 4 is 11.0 Å². The Labute approximate surface area is 79.0 Å². The highest BCUT2D eigenvalue weighted by Crippen LogP contribution is 2.14. The highest BCUT2D eigenvalue weighted by molar-refractivity contribution is 5.78. The smallest absolute Gasteiger partial charge is 0.0911 e. The number of rotatable bonds is 0. The maximum Gasteiger partial charge on any atom is 0.0911 e. The van der Waals surface area contributed by atoms with Gasteiger partial charge in [-0.15, -0.1) is 0 Å². The maximum absolute atomic E-state index is 4.40. The van der Waals surface area contributed by atoms with Crippen molar-refractivity contribution in [2.75, 3.05) is 0 Å². The molecule has 2 nitrogen and oxygen atoms in total. The summed E-state index contributed by atoms with van der Waals surface area (Å²) in [5.41, 5.74) is 4.49. The lowest BCUT2D eigenvalue weighted by atomic mass is 10.3. The molecule has 0 radical (unpaired) electrons. The number of fused-ring (bicyclic) bond motifs is 1. The first-order chi connectivity index (χ1) is 6.27.